The summed E-state index contributed by atoms with van der Waals surface area (Å²) in [6.07, 6.45) is 5.62. The summed E-state index contributed by atoms with van der Waals surface area (Å²) in [4.78, 5) is 11.2. The van der Waals surface area contributed by atoms with E-state index in [1.165, 1.54) is 0 Å². The lowest BCUT2D eigenvalue weighted by atomic mass is 10.1. The summed E-state index contributed by atoms with van der Waals surface area (Å²) in [7, 11) is 1.94. The first-order chi connectivity index (χ1) is 13.0. The Labute approximate surface area is 159 Å². The zero-order valence-corrected chi connectivity index (χ0v) is 16.1. The molecule has 0 aliphatic carbocycles. The first-order valence-corrected chi connectivity index (χ1v) is 9.56. The molecule has 2 aliphatic rings. The van der Waals surface area contributed by atoms with Crippen LogP contribution in [0.25, 0.3) is 0 Å². The van der Waals surface area contributed by atoms with Gasteiger partial charge in [-0.05, 0) is 39.8 Å². The lowest BCUT2D eigenvalue weighted by Gasteiger charge is -2.37. The summed E-state index contributed by atoms with van der Waals surface area (Å²) in [5.41, 5.74) is 2.71. The molecule has 9 heteroatoms. The van der Waals surface area contributed by atoms with Crippen LogP contribution in [0, 0.1) is 6.92 Å². The highest BCUT2D eigenvalue weighted by molar-refractivity contribution is 5.72. The van der Waals surface area contributed by atoms with E-state index in [0.29, 0.717) is 18.5 Å². The summed E-state index contributed by atoms with van der Waals surface area (Å²) < 4.78 is 2.08. The number of hydrogen-bond donors (Lipinski definition) is 4. The van der Waals surface area contributed by atoms with Gasteiger partial charge < -0.3 is 26.0 Å². The van der Waals surface area contributed by atoms with E-state index >= 15 is 0 Å². The Hall–Kier alpha value is -2.39. The molecule has 0 aromatic carbocycles. The SMILES string of the molecule is Cc1nc(NCc2cnn(C3CCNCC3)c2)nc2c1NC(O)[C@H](C)N2C. The van der Waals surface area contributed by atoms with Crippen LogP contribution in [0.5, 0.6) is 0 Å². The fourth-order valence-corrected chi connectivity index (χ4v) is 3.65. The van der Waals surface area contributed by atoms with Crippen LogP contribution in [0.1, 0.15) is 37.1 Å². The molecule has 2 aromatic heterocycles. The van der Waals surface area contributed by atoms with E-state index in [-0.39, 0.29) is 6.04 Å². The van der Waals surface area contributed by atoms with Gasteiger partial charge in [0.15, 0.2) is 5.82 Å². The highest BCUT2D eigenvalue weighted by Gasteiger charge is 2.30. The second-order valence-corrected chi connectivity index (χ2v) is 7.44. The van der Waals surface area contributed by atoms with E-state index in [2.05, 4.69) is 41.9 Å². The predicted molar refractivity (Wildman–Crippen MR) is 105 cm³/mol. The number of aryl methyl sites for hydroxylation is 1. The van der Waals surface area contributed by atoms with E-state index in [1.807, 2.05) is 32.0 Å². The predicted octanol–water partition coefficient (Wildman–Crippen LogP) is 1.09. The fourth-order valence-electron chi connectivity index (χ4n) is 3.65. The third-order valence-corrected chi connectivity index (χ3v) is 5.55. The molecule has 0 saturated carbocycles. The third-order valence-electron chi connectivity index (χ3n) is 5.55. The highest BCUT2D eigenvalue weighted by Crippen LogP contribution is 2.33. The topological polar surface area (TPSA) is 103 Å². The Balaban J connectivity index is 1.46. The normalized spacial score (nSPS) is 23.0. The standard InChI is InChI=1S/C18H28N8O/c1-11-15-16(25(3)12(2)17(27)23-15)24-18(22-11)20-8-13-9-21-26(10-13)14-4-6-19-7-5-14/h9-10,12,14,17,19,23,27H,4-8H2,1-3H3,(H,20,22,24)/t12-,17?/m0/s1. The Morgan fingerprint density at radius 1 is 1.30 bits per heavy atom. The molecule has 4 N–H and O–H groups in total. The van der Waals surface area contributed by atoms with Gasteiger partial charge in [-0.25, -0.2) is 4.98 Å². The summed E-state index contributed by atoms with van der Waals surface area (Å²) in [5, 5.41) is 24.4. The first-order valence-electron chi connectivity index (χ1n) is 9.56. The molecule has 0 amide bonds. The number of nitrogens with zero attached hydrogens (tertiary/aromatic N) is 5. The number of rotatable bonds is 4. The zero-order chi connectivity index (χ0) is 19.0. The molecule has 2 aromatic rings. The Morgan fingerprint density at radius 2 is 2.07 bits per heavy atom. The summed E-state index contributed by atoms with van der Waals surface area (Å²) in [6.45, 7) is 6.60. The Kier molecular flexibility index (Phi) is 4.88. The molecule has 2 aliphatic heterocycles. The van der Waals surface area contributed by atoms with Gasteiger partial charge in [-0.3, -0.25) is 4.68 Å². The van der Waals surface area contributed by atoms with Crippen molar-refractivity contribution in [1.82, 2.24) is 25.1 Å². The van der Waals surface area contributed by atoms with Gasteiger partial charge in [0.05, 0.1) is 24.0 Å². The maximum atomic E-state index is 10.1. The number of aromatic nitrogens is 4. The number of piperidine rings is 1. The van der Waals surface area contributed by atoms with Gasteiger partial charge >= 0.3 is 0 Å². The molecular weight excluding hydrogens is 344 g/mol. The monoisotopic (exact) mass is 372 g/mol. The van der Waals surface area contributed by atoms with Crippen LogP contribution in [0.2, 0.25) is 0 Å². The van der Waals surface area contributed by atoms with Crippen LogP contribution in [0.15, 0.2) is 12.4 Å². The van der Waals surface area contributed by atoms with Crippen molar-refractivity contribution in [3.8, 4) is 0 Å². The van der Waals surface area contributed by atoms with Gasteiger partial charge in [-0.1, -0.05) is 0 Å². The molecule has 1 saturated heterocycles. The molecule has 2 atom stereocenters. The number of aliphatic hydroxyl groups excluding tert-OH is 1. The minimum atomic E-state index is -0.635. The van der Waals surface area contributed by atoms with Crippen molar-refractivity contribution >= 4 is 17.5 Å². The molecule has 0 bridgehead atoms. The minimum absolute atomic E-state index is 0.0668. The Bertz CT molecular complexity index is 801. The van der Waals surface area contributed by atoms with Gasteiger partial charge in [0, 0.05) is 25.4 Å². The summed E-state index contributed by atoms with van der Waals surface area (Å²) in [6, 6.07) is 0.415. The second kappa shape index (κ2) is 7.32. The van der Waals surface area contributed by atoms with Crippen LogP contribution in [-0.2, 0) is 6.54 Å². The first kappa shape index (κ1) is 18.0. The van der Waals surface area contributed by atoms with E-state index in [4.69, 9.17) is 0 Å². The molecular formula is C18H28N8O. The Morgan fingerprint density at radius 3 is 2.85 bits per heavy atom. The number of likely N-dealkylation sites (N-methyl/N-ethyl adjacent to an activating group) is 1. The molecule has 9 nitrogen and oxygen atoms in total. The smallest absolute Gasteiger partial charge is 0.225 e. The van der Waals surface area contributed by atoms with Crippen LogP contribution in [0.4, 0.5) is 17.5 Å². The van der Waals surface area contributed by atoms with E-state index < -0.39 is 6.23 Å². The molecule has 146 valence electrons. The van der Waals surface area contributed by atoms with Crippen LogP contribution < -0.4 is 20.9 Å². The zero-order valence-electron chi connectivity index (χ0n) is 16.1. The lowest BCUT2D eigenvalue weighted by molar-refractivity contribution is 0.172. The van der Waals surface area contributed by atoms with Crippen LogP contribution in [0.3, 0.4) is 0 Å². The van der Waals surface area contributed by atoms with Gasteiger partial charge in [0.1, 0.15) is 11.9 Å². The minimum Gasteiger partial charge on any atom is -0.372 e. The van der Waals surface area contributed by atoms with Crippen molar-refractivity contribution in [2.75, 3.05) is 35.7 Å². The van der Waals surface area contributed by atoms with Crippen molar-refractivity contribution in [3.63, 3.8) is 0 Å². The quantitative estimate of drug-likeness (QED) is 0.632. The number of nitrogens with one attached hydrogen (secondary N) is 3. The van der Waals surface area contributed by atoms with E-state index in [1.54, 1.807) is 0 Å². The number of aliphatic hydroxyl groups is 1. The largest absolute Gasteiger partial charge is 0.372 e. The van der Waals surface area contributed by atoms with Crippen LogP contribution in [-0.4, -0.2) is 57.3 Å². The summed E-state index contributed by atoms with van der Waals surface area (Å²) >= 11 is 0. The van der Waals surface area contributed by atoms with Crippen molar-refractivity contribution in [1.29, 1.82) is 0 Å². The number of fused-ring (bicyclic) bond motifs is 1. The van der Waals surface area contributed by atoms with Crippen molar-refractivity contribution in [3.05, 3.63) is 23.7 Å². The third kappa shape index (κ3) is 3.57. The van der Waals surface area contributed by atoms with E-state index in [0.717, 1.165) is 48.7 Å². The second-order valence-electron chi connectivity index (χ2n) is 7.44. The van der Waals surface area contributed by atoms with Gasteiger partial charge in [0.2, 0.25) is 5.95 Å². The molecule has 27 heavy (non-hydrogen) atoms. The average molecular weight is 372 g/mol. The summed E-state index contributed by atoms with van der Waals surface area (Å²) in [5.74, 6) is 1.38. The molecule has 1 unspecified atom stereocenters. The van der Waals surface area contributed by atoms with Crippen molar-refractivity contribution < 1.29 is 5.11 Å². The molecule has 1 fully saturated rings. The van der Waals surface area contributed by atoms with Gasteiger partial charge in [-0.15, -0.1) is 0 Å². The molecule has 4 heterocycles. The average Bonchev–Trinajstić information content (AvgIpc) is 3.15. The van der Waals surface area contributed by atoms with Crippen molar-refractivity contribution in [2.24, 2.45) is 0 Å². The van der Waals surface area contributed by atoms with Crippen LogP contribution >= 0.6 is 0 Å². The number of hydrogen-bond acceptors (Lipinski definition) is 8. The highest BCUT2D eigenvalue weighted by atomic mass is 16.3. The molecule has 0 radical (unpaired) electrons. The maximum Gasteiger partial charge on any atom is 0.225 e. The molecule has 4 rings (SSSR count). The lowest BCUT2D eigenvalue weighted by Crippen LogP contribution is -2.48. The van der Waals surface area contributed by atoms with E-state index in [9.17, 15) is 5.11 Å². The fraction of sp³-hybridized carbons (Fsp3) is 0.611. The maximum absolute atomic E-state index is 10.1. The number of anilines is 3. The van der Waals surface area contributed by atoms with Crippen molar-refractivity contribution in [2.45, 2.75) is 51.5 Å². The molecule has 0 spiro atoms. The van der Waals surface area contributed by atoms with Gasteiger partial charge in [0.25, 0.3) is 0 Å². The van der Waals surface area contributed by atoms with Gasteiger partial charge in [-0.2, -0.15) is 10.1 Å².